The van der Waals surface area contributed by atoms with Crippen LogP contribution in [0.2, 0.25) is 0 Å². The average molecular weight is 467 g/mol. The number of nitrogens with one attached hydrogen (secondary N) is 1. The van der Waals surface area contributed by atoms with Gasteiger partial charge in [-0.2, -0.15) is 0 Å². The van der Waals surface area contributed by atoms with Gasteiger partial charge in [0.1, 0.15) is 11.2 Å². The molecule has 1 aliphatic heterocycles. The van der Waals surface area contributed by atoms with Crippen LogP contribution in [-0.2, 0) is 11.3 Å². The summed E-state index contributed by atoms with van der Waals surface area (Å²) in [4.78, 5) is 32.0. The molecule has 2 aromatic rings. The first-order valence-corrected chi connectivity index (χ1v) is 13.4. The summed E-state index contributed by atoms with van der Waals surface area (Å²) in [7, 11) is 0. The Balaban J connectivity index is 1.61. The number of amides is 2. The highest BCUT2D eigenvalue weighted by atomic mass is 16.2. The smallest absolute Gasteiger partial charge is 0.271 e. The Kier molecular flexibility index (Phi) is 7.97. The van der Waals surface area contributed by atoms with Crippen LogP contribution in [0.25, 0.3) is 10.9 Å². The van der Waals surface area contributed by atoms with Crippen LogP contribution in [0, 0.1) is 0 Å². The van der Waals surface area contributed by atoms with Crippen molar-refractivity contribution < 1.29 is 9.59 Å². The van der Waals surface area contributed by atoms with E-state index in [9.17, 15) is 9.59 Å². The molecule has 1 aromatic carbocycles. The average Bonchev–Trinajstić information content (AvgIpc) is 3.18. The predicted molar refractivity (Wildman–Crippen MR) is 138 cm³/mol. The first kappa shape index (κ1) is 24.8. The molecule has 1 N–H and O–H groups in total. The fraction of sp³-hybridized carbons (Fsp3) is 0.643. The maximum Gasteiger partial charge on any atom is 0.271 e. The molecular formula is C28H42N4O2. The summed E-state index contributed by atoms with van der Waals surface area (Å²) < 4.78 is 2.07. The number of fused-ring (bicyclic) bond motifs is 3. The maximum atomic E-state index is 13.9. The van der Waals surface area contributed by atoms with Gasteiger partial charge in [-0.05, 0) is 58.0 Å². The molecule has 0 saturated heterocycles. The van der Waals surface area contributed by atoms with Gasteiger partial charge in [-0.15, -0.1) is 0 Å². The number of hydrogen-bond donors (Lipinski definition) is 1. The summed E-state index contributed by atoms with van der Waals surface area (Å²) in [5.74, 6) is -0.0324. The molecule has 6 nitrogen and oxygen atoms in total. The van der Waals surface area contributed by atoms with E-state index in [0.717, 1.165) is 49.8 Å². The Morgan fingerprint density at radius 1 is 1.09 bits per heavy atom. The predicted octanol–water partition coefficient (Wildman–Crippen LogP) is 4.82. The third-order valence-corrected chi connectivity index (χ3v) is 8.02. The molecule has 0 unspecified atom stereocenters. The first-order valence-electron chi connectivity index (χ1n) is 13.4. The van der Waals surface area contributed by atoms with Gasteiger partial charge in [-0.25, -0.2) is 0 Å². The molecule has 6 heteroatoms. The summed E-state index contributed by atoms with van der Waals surface area (Å²) in [5, 5.41) is 4.44. The van der Waals surface area contributed by atoms with Crippen LogP contribution < -0.4 is 5.32 Å². The Labute approximate surface area is 204 Å². The largest absolute Gasteiger partial charge is 0.351 e. The number of para-hydroxylation sites is 1. The van der Waals surface area contributed by atoms with Gasteiger partial charge in [0.15, 0.2) is 0 Å². The van der Waals surface area contributed by atoms with Crippen molar-refractivity contribution in [1.82, 2.24) is 19.7 Å². The summed E-state index contributed by atoms with van der Waals surface area (Å²) in [6, 6.07) is 10.3. The molecule has 2 aliphatic rings. The highest BCUT2D eigenvalue weighted by Gasteiger charge is 2.47. The van der Waals surface area contributed by atoms with Gasteiger partial charge in [-0.3, -0.25) is 9.59 Å². The SMILES string of the molecule is CCN(CC)CCCN1C(=O)c2cc3ccccc3n2C[C@@]1(C)C(=O)NC1CCCCCCC1. The number of rotatable bonds is 8. The van der Waals surface area contributed by atoms with E-state index < -0.39 is 5.54 Å². The van der Waals surface area contributed by atoms with E-state index in [2.05, 4.69) is 34.7 Å². The zero-order chi connectivity index (χ0) is 24.1. The van der Waals surface area contributed by atoms with E-state index in [-0.39, 0.29) is 17.9 Å². The van der Waals surface area contributed by atoms with Gasteiger partial charge in [0, 0.05) is 23.5 Å². The van der Waals surface area contributed by atoms with Gasteiger partial charge >= 0.3 is 0 Å². The normalized spacial score (nSPS) is 22.0. The molecule has 0 spiro atoms. The van der Waals surface area contributed by atoms with Crippen molar-refractivity contribution in [3.05, 3.63) is 36.0 Å². The molecule has 1 atom stereocenters. The van der Waals surface area contributed by atoms with E-state index in [4.69, 9.17) is 0 Å². The van der Waals surface area contributed by atoms with Crippen molar-refractivity contribution in [2.24, 2.45) is 0 Å². The standard InChI is InChI=1S/C28H42N4O2/c1-4-30(5-2)18-13-19-32-26(33)25-20-22-14-11-12-17-24(22)31(25)21-28(32,3)27(34)29-23-15-9-7-6-8-10-16-23/h11-12,14,17,20,23H,4-10,13,15-16,18-19,21H2,1-3H3,(H,29,34)/t28-/m0/s1. The lowest BCUT2D eigenvalue weighted by Crippen LogP contribution is -2.65. The lowest BCUT2D eigenvalue weighted by Gasteiger charge is -2.45. The first-order chi connectivity index (χ1) is 16.5. The van der Waals surface area contributed by atoms with E-state index in [1.807, 2.05) is 36.1 Å². The Morgan fingerprint density at radius 2 is 1.76 bits per heavy atom. The van der Waals surface area contributed by atoms with Crippen LogP contribution in [0.1, 0.15) is 82.6 Å². The van der Waals surface area contributed by atoms with Gasteiger partial charge in [0.25, 0.3) is 5.91 Å². The molecule has 0 bridgehead atoms. The van der Waals surface area contributed by atoms with E-state index in [1.165, 1.54) is 32.1 Å². The Bertz CT molecular complexity index is 987. The molecular weight excluding hydrogens is 424 g/mol. The van der Waals surface area contributed by atoms with E-state index >= 15 is 0 Å². The van der Waals surface area contributed by atoms with Gasteiger partial charge in [-0.1, -0.05) is 64.2 Å². The number of carbonyl (C=O) groups excluding carboxylic acids is 2. The fourth-order valence-electron chi connectivity index (χ4n) is 5.79. The maximum absolute atomic E-state index is 13.9. The van der Waals surface area contributed by atoms with Gasteiger partial charge in [0.2, 0.25) is 5.91 Å². The lowest BCUT2D eigenvalue weighted by atomic mass is 9.92. The fourth-order valence-corrected chi connectivity index (χ4v) is 5.79. The lowest BCUT2D eigenvalue weighted by molar-refractivity contribution is -0.133. The summed E-state index contributed by atoms with van der Waals surface area (Å²) in [6.45, 7) is 10.3. The van der Waals surface area contributed by atoms with Crippen molar-refractivity contribution in [3.63, 3.8) is 0 Å². The summed E-state index contributed by atoms with van der Waals surface area (Å²) in [6.07, 6.45) is 9.07. The number of carbonyl (C=O) groups is 2. The molecule has 2 heterocycles. The van der Waals surface area contributed by atoms with Crippen LogP contribution in [0.4, 0.5) is 0 Å². The minimum Gasteiger partial charge on any atom is -0.351 e. The molecule has 34 heavy (non-hydrogen) atoms. The number of aromatic nitrogens is 1. The van der Waals surface area contributed by atoms with Crippen molar-refractivity contribution in [2.75, 3.05) is 26.2 Å². The molecule has 1 aromatic heterocycles. The zero-order valence-corrected chi connectivity index (χ0v) is 21.3. The van der Waals surface area contributed by atoms with Crippen molar-refractivity contribution >= 4 is 22.7 Å². The van der Waals surface area contributed by atoms with E-state index in [1.54, 1.807) is 0 Å². The van der Waals surface area contributed by atoms with Gasteiger partial charge in [0.05, 0.1) is 6.54 Å². The summed E-state index contributed by atoms with van der Waals surface area (Å²) in [5.41, 5.74) is 0.816. The minimum atomic E-state index is -0.905. The van der Waals surface area contributed by atoms with Crippen LogP contribution in [0.15, 0.2) is 30.3 Å². The topological polar surface area (TPSA) is 57.6 Å². The second-order valence-electron chi connectivity index (χ2n) is 10.3. The molecule has 1 saturated carbocycles. The monoisotopic (exact) mass is 466 g/mol. The van der Waals surface area contributed by atoms with Crippen molar-refractivity contribution in [2.45, 2.75) is 90.3 Å². The van der Waals surface area contributed by atoms with E-state index in [0.29, 0.717) is 18.8 Å². The van der Waals surface area contributed by atoms with Crippen LogP contribution in [0.3, 0.4) is 0 Å². The molecule has 186 valence electrons. The quantitative estimate of drug-likeness (QED) is 0.607. The Hall–Kier alpha value is -2.34. The van der Waals surface area contributed by atoms with Crippen LogP contribution in [-0.4, -0.2) is 63.9 Å². The van der Waals surface area contributed by atoms with Crippen molar-refractivity contribution in [1.29, 1.82) is 0 Å². The van der Waals surface area contributed by atoms with Crippen LogP contribution in [0.5, 0.6) is 0 Å². The highest BCUT2D eigenvalue weighted by molar-refractivity contribution is 6.03. The van der Waals surface area contributed by atoms with Gasteiger partial charge < -0.3 is 19.7 Å². The third kappa shape index (κ3) is 5.02. The summed E-state index contributed by atoms with van der Waals surface area (Å²) >= 11 is 0. The number of hydrogen-bond acceptors (Lipinski definition) is 3. The third-order valence-electron chi connectivity index (χ3n) is 8.02. The molecule has 2 amide bonds. The number of benzene rings is 1. The van der Waals surface area contributed by atoms with Crippen LogP contribution >= 0.6 is 0 Å². The molecule has 0 radical (unpaired) electrons. The molecule has 1 aliphatic carbocycles. The molecule has 1 fully saturated rings. The Morgan fingerprint density at radius 3 is 2.47 bits per heavy atom. The zero-order valence-electron chi connectivity index (χ0n) is 21.3. The number of nitrogens with zero attached hydrogens (tertiary/aromatic N) is 3. The van der Waals surface area contributed by atoms with Crippen molar-refractivity contribution in [3.8, 4) is 0 Å². The second kappa shape index (κ2) is 10.9. The second-order valence-corrected chi connectivity index (χ2v) is 10.3. The minimum absolute atomic E-state index is 0.00214. The highest BCUT2D eigenvalue weighted by Crippen LogP contribution is 2.33. The molecule has 4 rings (SSSR count).